The number of nitrogens with zero attached hydrogens (tertiary/aromatic N) is 2. The lowest BCUT2D eigenvalue weighted by molar-refractivity contribution is -0.132. The summed E-state index contributed by atoms with van der Waals surface area (Å²) in [5.74, 6) is 0.174. The van der Waals surface area contributed by atoms with Crippen molar-refractivity contribution in [1.29, 1.82) is 0 Å². The Balaban J connectivity index is 1.91. The second-order valence-corrected chi connectivity index (χ2v) is 9.48. The van der Waals surface area contributed by atoms with Crippen molar-refractivity contribution in [2.75, 3.05) is 39.4 Å². The van der Waals surface area contributed by atoms with E-state index in [-0.39, 0.29) is 12.5 Å². The van der Waals surface area contributed by atoms with Crippen LogP contribution in [-0.2, 0) is 9.53 Å². The average molecular weight is 471 g/mol. The first kappa shape index (κ1) is 29.7. The second-order valence-electron chi connectivity index (χ2n) is 9.48. The molecule has 1 rings (SSSR count). The molecule has 194 valence electrons. The van der Waals surface area contributed by atoms with Gasteiger partial charge >= 0.3 is 6.09 Å². The highest BCUT2D eigenvalue weighted by Gasteiger charge is 2.25. The molecule has 0 aliphatic carbocycles. The average Bonchev–Trinajstić information content (AvgIpc) is 2.84. The van der Waals surface area contributed by atoms with Crippen LogP contribution in [0.2, 0.25) is 0 Å². The third-order valence-corrected chi connectivity index (χ3v) is 6.49. The Morgan fingerprint density at radius 3 is 1.61 bits per heavy atom. The maximum atomic E-state index is 12.4. The van der Waals surface area contributed by atoms with Gasteiger partial charge in [0, 0.05) is 32.6 Å². The number of carbonyl (C=O) groups is 2. The molecular formula is C26H50N2O5. The van der Waals surface area contributed by atoms with Crippen molar-refractivity contribution in [2.24, 2.45) is 0 Å². The van der Waals surface area contributed by atoms with Crippen molar-refractivity contribution in [2.45, 2.75) is 116 Å². The first-order chi connectivity index (χ1) is 16.1. The SMILES string of the molecule is CCCCCCCCCCCCCCCCCC(=O)N1CCN(C(=O)OCC(O)CO)CC1. The summed E-state index contributed by atoms with van der Waals surface area (Å²) in [7, 11) is 0. The molecule has 0 aromatic rings. The van der Waals surface area contributed by atoms with Crippen LogP contribution in [0.3, 0.4) is 0 Å². The molecule has 0 radical (unpaired) electrons. The Hall–Kier alpha value is -1.34. The summed E-state index contributed by atoms with van der Waals surface area (Å²) in [6.45, 7) is 3.55. The van der Waals surface area contributed by atoms with Gasteiger partial charge in [0.2, 0.25) is 5.91 Å². The number of unbranched alkanes of at least 4 members (excludes halogenated alkanes) is 14. The fraction of sp³-hybridized carbons (Fsp3) is 0.923. The molecule has 0 spiro atoms. The molecule has 2 amide bonds. The van der Waals surface area contributed by atoms with E-state index < -0.39 is 18.8 Å². The number of carbonyl (C=O) groups excluding carboxylic acids is 2. The minimum Gasteiger partial charge on any atom is -0.447 e. The molecule has 1 fully saturated rings. The van der Waals surface area contributed by atoms with Gasteiger partial charge < -0.3 is 24.7 Å². The van der Waals surface area contributed by atoms with E-state index >= 15 is 0 Å². The Bertz CT molecular complexity index is 495. The van der Waals surface area contributed by atoms with Crippen LogP contribution in [0, 0.1) is 0 Å². The molecular weight excluding hydrogens is 420 g/mol. The van der Waals surface area contributed by atoms with Gasteiger partial charge in [0.1, 0.15) is 12.7 Å². The van der Waals surface area contributed by atoms with E-state index in [1.165, 1.54) is 83.5 Å². The second kappa shape index (κ2) is 20.1. The van der Waals surface area contributed by atoms with E-state index in [0.29, 0.717) is 32.6 Å². The summed E-state index contributed by atoms with van der Waals surface area (Å²) in [5, 5.41) is 18.0. The molecule has 0 aromatic carbocycles. The van der Waals surface area contributed by atoms with Gasteiger partial charge in [0.25, 0.3) is 0 Å². The summed E-state index contributed by atoms with van der Waals surface area (Å²) < 4.78 is 4.96. The highest BCUT2D eigenvalue weighted by Crippen LogP contribution is 2.14. The Labute approximate surface area is 201 Å². The predicted molar refractivity (Wildman–Crippen MR) is 132 cm³/mol. The topological polar surface area (TPSA) is 90.3 Å². The standard InChI is InChI=1S/C26H50N2O5/c1-2-3-4-5-6-7-8-9-10-11-12-13-14-15-16-17-25(31)27-18-20-28(21-19-27)26(32)33-23-24(30)22-29/h24,29-30H,2-23H2,1H3. The fourth-order valence-electron chi connectivity index (χ4n) is 4.26. The fourth-order valence-corrected chi connectivity index (χ4v) is 4.26. The molecule has 1 aliphatic heterocycles. The van der Waals surface area contributed by atoms with Gasteiger partial charge in [-0.3, -0.25) is 4.79 Å². The van der Waals surface area contributed by atoms with Gasteiger partial charge in [-0.2, -0.15) is 0 Å². The highest BCUT2D eigenvalue weighted by molar-refractivity contribution is 5.76. The number of ether oxygens (including phenoxy) is 1. The molecule has 7 nitrogen and oxygen atoms in total. The molecule has 0 bridgehead atoms. The van der Waals surface area contributed by atoms with Crippen LogP contribution in [0.25, 0.3) is 0 Å². The van der Waals surface area contributed by atoms with Crippen molar-refractivity contribution in [3.05, 3.63) is 0 Å². The van der Waals surface area contributed by atoms with E-state index in [4.69, 9.17) is 9.84 Å². The van der Waals surface area contributed by atoms with Crippen LogP contribution >= 0.6 is 0 Å². The number of amides is 2. The largest absolute Gasteiger partial charge is 0.447 e. The summed E-state index contributed by atoms with van der Waals surface area (Å²) >= 11 is 0. The van der Waals surface area contributed by atoms with Crippen molar-refractivity contribution < 1.29 is 24.5 Å². The minimum absolute atomic E-state index is 0.174. The highest BCUT2D eigenvalue weighted by atomic mass is 16.6. The number of aliphatic hydroxyl groups is 2. The summed E-state index contributed by atoms with van der Waals surface area (Å²) in [4.78, 5) is 27.7. The van der Waals surface area contributed by atoms with Crippen molar-refractivity contribution >= 4 is 12.0 Å². The lowest BCUT2D eigenvalue weighted by Crippen LogP contribution is -2.51. The van der Waals surface area contributed by atoms with Crippen LogP contribution in [0.5, 0.6) is 0 Å². The van der Waals surface area contributed by atoms with E-state index in [2.05, 4.69) is 6.92 Å². The molecule has 0 saturated carbocycles. The van der Waals surface area contributed by atoms with Gasteiger partial charge in [0.05, 0.1) is 6.61 Å². The third kappa shape index (κ3) is 15.2. The lowest BCUT2D eigenvalue weighted by atomic mass is 10.0. The smallest absolute Gasteiger partial charge is 0.409 e. The Kier molecular flexibility index (Phi) is 18.1. The number of hydrogen-bond acceptors (Lipinski definition) is 5. The maximum Gasteiger partial charge on any atom is 0.409 e. The van der Waals surface area contributed by atoms with Gasteiger partial charge in [-0.05, 0) is 6.42 Å². The number of aliphatic hydroxyl groups excluding tert-OH is 2. The van der Waals surface area contributed by atoms with Crippen LogP contribution in [0.15, 0.2) is 0 Å². The normalized spacial score (nSPS) is 15.0. The summed E-state index contributed by atoms with van der Waals surface area (Å²) in [5.41, 5.74) is 0. The number of piperazine rings is 1. The number of hydrogen-bond donors (Lipinski definition) is 2. The van der Waals surface area contributed by atoms with E-state index in [9.17, 15) is 14.7 Å². The number of rotatable bonds is 19. The van der Waals surface area contributed by atoms with E-state index in [1.807, 2.05) is 4.90 Å². The minimum atomic E-state index is -1.05. The van der Waals surface area contributed by atoms with Crippen molar-refractivity contribution in [3.63, 3.8) is 0 Å². The zero-order valence-corrected chi connectivity index (χ0v) is 21.1. The van der Waals surface area contributed by atoms with Crippen LogP contribution in [0.4, 0.5) is 4.79 Å². The monoisotopic (exact) mass is 470 g/mol. The van der Waals surface area contributed by atoms with E-state index in [0.717, 1.165) is 12.8 Å². The zero-order valence-electron chi connectivity index (χ0n) is 21.1. The summed E-state index contributed by atoms with van der Waals surface area (Å²) in [6, 6.07) is 0. The first-order valence-corrected chi connectivity index (χ1v) is 13.6. The Morgan fingerprint density at radius 2 is 1.15 bits per heavy atom. The first-order valence-electron chi connectivity index (χ1n) is 13.6. The third-order valence-electron chi connectivity index (χ3n) is 6.49. The molecule has 1 heterocycles. The molecule has 1 aliphatic rings. The van der Waals surface area contributed by atoms with Crippen molar-refractivity contribution in [3.8, 4) is 0 Å². The van der Waals surface area contributed by atoms with Gasteiger partial charge in [0.15, 0.2) is 0 Å². The predicted octanol–water partition coefficient (Wildman–Crippen LogP) is 4.88. The van der Waals surface area contributed by atoms with Crippen LogP contribution in [-0.4, -0.2) is 77.5 Å². The molecule has 33 heavy (non-hydrogen) atoms. The van der Waals surface area contributed by atoms with Crippen molar-refractivity contribution in [1.82, 2.24) is 9.80 Å². The molecule has 1 atom stereocenters. The molecule has 1 saturated heterocycles. The van der Waals surface area contributed by atoms with Gasteiger partial charge in [-0.25, -0.2) is 4.79 Å². The summed E-state index contributed by atoms with van der Waals surface area (Å²) in [6.07, 6.45) is 18.8. The van der Waals surface area contributed by atoms with Gasteiger partial charge in [-0.1, -0.05) is 96.8 Å². The zero-order chi connectivity index (χ0) is 24.2. The lowest BCUT2D eigenvalue weighted by Gasteiger charge is -2.34. The molecule has 2 N–H and O–H groups in total. The van der Waals surface area contributed by atoms with E-state index in [1.54, 1.807) is 4.90 Å². The molecule has 7 heteroatoms. The van der Waals surface area contributed by atoms with Crippen LogP contribution < -0.4 is 0 Å². The maximum absolute atomic E-state index is 12.4. The van der Waals surface area contributed by atoms with Gasteiger partial charge in [-0.15, -0.1) is 0 Å². The molecule has 0 aromatic heterocycles. The molecule has 1 unspecified atom stereocenters. The Morgan fingerprint density at radius 1 is 0.727 bits per heavy atom. The quantitative estimate of drug-likeness (QED) is 0.263. The van der Waals surface area contributed by atoms with Crippen LogP contribution in [0.1, 0.15) is 110 Å².